The number of nitrogens with zero attached hydrogens (tertiary/aromatic N) is 2. The standard InChI is InChI=1S/C35H51N5O4/c1-19-22(10-9-11-27(19)23-12-24(33(42)37-6)14-26(13-23)39(7)8)18-40-32(31(21(3)41)30(17-36)44-40)34(43)38-29-16-25-15-28(20(29)2)35(25,4)5/h9-14,20-21,25,28-32,41H,15-18,36H2,1-8H3,(H,37,42)(H,38,43)/t20-,21-,25+,28-,29-,30-,31+,32-/m0/s1. The quantitative estimate of drug-likeness (QED) is 0.344. The number of hydrogen-bond donors (Lipinski definition) is 4. The summed E-state index contributed by atoms with van der Waals surface area (Å²) in [5, 5.41) is 18.7. The molecule has 0 unspecified atom stereocenters. The van der Waals surface area contributed by atoms with Crippen molar-refractivity contribution in [2.45, 2.75) is 78.3 Å². The molecule has 5 N–H and O–H groups in total. The molecule has 6 rings (SSSR count). The summed E-state index contributed by atoms with van der Waals surface area (Å²) in [6.07, 6.45) is 0.971. The molecule has 1 heterocycles. The highest BCUT2D eigenvalue weighted by molar-refractivity contribution is 5.96. The fraction of sp³-hybridized carbons (Fsp3) is 0.600. The van der Waals surface area contributed by atoms with Crippen molar-refractivity contribution in [2.24, 2.45) is 34.8 Å². The maximum absolute atomic E-state index is 14.1. The van der Waals surface area contributed by atoms with Crippen LogP contribution < -0.4 is 21.3 Å². The first kappa shape index (κ1) is 32.4. The van der Waals surface area contributed by atoms with E-state index < -0.39 is 24.2 Å². The first-order valence-corrected chi connectivity index (χ1v) is 16.0. The molecular formula is C35H51N5O4. The molecule has 8 atom stereocenters. The number of carbonyl (C=O) groups excluding carboxylic acids is 2. The number of rotatable bonds is 9. The molecule has 2 bridgehead atoms. The van der Waals surface area contributed by atoms with Crippen LogP contribution in [0.3, 0.4) is 0 Å². The predicted octanol–water partition coefficient (Wildman–Crippen LogP) is 3.71. The Balaban J connectivity index is 1.44. The van der Waals surface area contributed by atoms with Gasteiger partial charge >= 0.3 is 0 Å². The van der Waals surface area contributed by atoms with Gasteiger partial charge in [-0.05, 0) is 90.3 Å². The van der Waals surface area contributed by atoms with Gasteiger partial charge in [-0.3, -0.25) is 14.4 Å². The molecule has 240 valence electrons. The second-order valence-corrected chi connectivity index (χ2v) is 14.1. The second kappa shape index (κ2) is 12.4. The number of anilines is 1. The van der Waals surface area contributed by atoms with Gasteiger partial charge in [0.25, 0.3) is 5.91 Å². The summed E-state index contributed by atoms with van der Waals surface area (Å²) >= 11 is 0. The van der Waals surface area contributed by atoms with Gasteiger partial charge in [0, 0.05) is 50.9 Å². The Labute approximate surface area is 262 Å². The minimum atomic E-state index is -0.773. The Bertz CT molecular complexity index is 1390. The van der Waals surface area contributed by atoms with E-state index in [0.717, 1.165) is 34.4 Å². The zero-order chi connectivity index (χ0) is 32.1. The van der Waals surface area contributed by atoms with Crippen molar-refractivity contribution in [2.75, 3.05) is 32.6 Å². The summed E-state index contributed by atoms with van der Waals surface area (Å²) in [5.41, 5.74) is 11.9. The molecule has 9 heteroatoms. The summed E-state index contributed by atoms with van der Waals surface area (Å²) in [6.45, 7) is 11.3. The van der Waals surface area contributed by atoms with Gasteiger partial charge in [-0.2, -0.15) is 5.06 Å². The Hall–Kier alpha value is -2.98. The van der Waals surface area contributed by atoms with E-state index in [-0.39, 0.29) is 24.4 Å². The van der Waals surface area contributed by atoms with Crippen molar-refractivity contribution < 1.29 is 19.5 Å². The van der Waals surface area contributed by atoms with E-state index in [9.17, 15) is 14.7 Å². The number of aliphatic hydroxyl groups is 1. The Kier molecular flexibility index (Phi) is 9.16. The van der Waals surface area contributed by atoms with Gasteiger partial charge in [0.15, 0.2) is 0 Å². The second-order valence-electron chi connectivity index (χ2n) is 14.1. The normalized spacial score (nSPS) is 29.9. The van der Waals surface area contributed by atoms with Crippen LogP contribution >= 0.6 is 0 Å². The lowest BCUT2D eigenvalue weighted by Gasteiger charge is -2.62. The summed E-state index contributed by atoms with van der Waals surface area (Å²) in [7, 11) is 5.54. The number of hydroxylamine groups is 2. The first-order valence-electron chi connectivity index (χ1n) is 16.0. The molecule has 2 aromatic rings. The molecule has 0 spiro atoms. The Morgan fingerprint density at radius 2 is 1.93 bits per heavy atom. The van der Waals surface area contributed by atoms with Gasteiger partial charge in [0.2, 0.25) is 5.91 Å². The molecule has 4 aliphatic rings. The zero-order valence-corrected chi connectivity index (χ0v) is 27.6. The van der Waals surface area contributed by atoms with Crippen molar-refractivity contribution in [1.29, 1.82) is 0 Å². The monoisotopic (exact) mass is 605 g/mol. The number of benzene rings is 2. The summed E-state index contributed by atoms with van der Waals surface area (Å²) in [4.78, 5) is 35.0. The van der Waals surface area contributed by atoms with Gasteiger partial charge in [0.1, 0.15) is 6.04 Å². The number of aliphatic hydroxyl groups excluding tert-OH is 1. The van der Waals surface area contributed by atoms with Crippen LogP contribution in [0.2, 0.25) is 0 Å². The fourth-order valence-corrected chi connectivity index (χ4v) is 8.17. The number of carbonyl (C=O) groups is 2. The lowest BCUT2D eigenvalue weighted by atomic mass is 9.45. The molecule has 2 amide bonds. The van der Waals surface area contributed by atoms with E-state index in [0.29, 0.717) is 35.3 Å². The van der Waals surface area contributed by atoms with Gasteiger partial charge < -0.3 is 26.4 Å². The van der Waals surface area contributed by atoms with Crippen LogP contribution in [-0.2, 0) is 16.2 Å². The van der Waals surface area contributed by atoms with E-state index in [1.807, 2.05) is 43.3 Å². The Morgan fingerprint density at radius 3 is 2.52 bits per heavy atom. The number of amides is 2. The van der Waals surface area contributed by atoms with Crippen molar-refractivity contribution in [3.05, 3.63) is 53.1 Å². The average Bonchev–Trinajstić information content (AvgIpc) is 3.36. The zero-order valence-electron chi connectivity index (χ0n) is 27.6. The van der Waals surface area contributed by atoms with Crippen molar-refractivity contribution in [1.82, 2.24) is 15.7 Å². The summed E-state index contributed by atoms with van der Waals surface area (Å²) in [6, 6.07) is 11.4. The lowest BCUT2D eigenvalue weighted by Crippen LogP contribution is -2.62. The molecule has 44 heavy (non-hydrogen) atoms. The van der Waals surface area contributed by atoms with E-state index in [2.05, 4.69) is 50.5 Å². The molecule has 1 saturated heterocycles. The van der Waals surface area contributed by atoms with Crippen LogP contribution in [-0.4, -0.2) is 74.0 Å². The summed E-state index contributed by atoms with van der Waals surface area (Å²) < 4.78 is 0. The third-order valence-corrected chi connectivity index (χ3v) is 11.1. The van der Waals surface area contributed by atoms with Gasteiger partial charge in [-0.25, -0.2) is 0 Å². The number of fused-ring (bicyclic) bond motifs is 2. The molecule has 9 nitrogen and oxygen atoms in total. The van der Waals surface area contributed by atoms with Crippen molar-refractivity contribution >= 4 is 17.5 Å². The third-order valence-electron chi connectivity index (χ3n) is 11.1. The number of nitrogens with one attached hydrogen (secondary N) is 2. The highest BCUT2D eigenvalue weighted by atomic mass is 16.7. The third kappa shape index (κ3) is 5.75. The fourth-order valence-electron chi connectivity index (χ4n) is 8.17. The minimum absolute atomic E-state index is 0.106. The predicted molar refractivity (Wildman–Crippen MR) is 174 cm³/mol. The van der Waals surface area contributed by atoms with Crippen LogP contribution in [0.4, 0.5) is 5.69 Å². The molecule has 2 aromatic carbocycles. The van der Waals surface area contributed by atoms with Crippen LogP contribution in [0.5, 0.6) is 0 Å². The first-order chi connectivity index (χ1) is 20.8. The molecule has 3 saturated carbocycles. The number of nitrogens with two attached hydrogens (primary N) is 1. The molecule has 4 fully saturated rings. The highest BCUT2D eigenvalue weighted by Crippen LogP contribution is 2.61. The van der Waals surface area contributed by atoms with E-state index in [1.165, 1.54) is 6.42 Å². The van der Waals surface area contributed by atoms with E-state index >= 15 is 0 Å². The van der Waals surface area contributed by atoms with Crippen LogP contribution in [0.15, 0.2) is 36.4 Å². The van der Waals surface area contributed by atoms with Crippen LogP contribution in [0.1, 0.15) is 62.0 Å². The minimum Gasteiger partial charge on any atom is -0.393 e. The van der Waals surface area contributed by atoms with E-state index in [4.69, 9.17) is 10.6 Å². The molecule has 0 aromatic heterocycles. The maximum atomic E-state index is 14.1. The smallest absolute Gasteiger partial charge is 0.251 e. The summed E-state index contributed by atoms with van der Waals surface area (Å²) in [5.74, 6) is 0.905. The van der Waals surface area contributed by atoms with Gasteiger partial charge in [-0.15, -0.1) is 0 Å². The maximum Gasteiger partial charge on any atom is 0.251 e. The van der Waals surface area contributed by atoms with Crippen LogP contribution in [0, 0.1) is 36.0 Å². The molecule has 1 aliphatic heterocycles. The van der Waals surface area contributed by atoms with E-state index in [1.54, 1.807) is 19.0 Å². The average molecular weight is 606 g/mol. The van der Waals surface area contributed by atoms with Gasteiger partial charge in [-0.1, -0.05) is 39.0 Å². The molecule has 3 aliphatic carbocycles. The van der Waals surface area contributed by atoms with Crippen molar-refractivity contribution in [3.63, 3.8) is 0 Å². The van der Waals surface area contributed by atoms with Gasteiger partial charge in [0.05, 0.1) is 18.8 Å². The van der Waals surface area contributed by atoms with Crippen molar-refractivity contribution in [3.8, 4) is 11.1 Å². The Morgan fingerprint density at radius 1 is 1.20 bits per heavy atom. The highest BCUT2D eigenvalue weighted by Gasteiger charge is 2.57. The molecule has 0 radical (unpaired) electrons. The largest absolute Gasteiger partial charge is 0.393 e. The topological polar surface area (TPSA) is 120 Å². The number of hydrogen-bond acceptors (Lipinski definition) is 7. The lowest BCUT2D eigenvalue weighted by molar-refractivity contribution is -0.175. The molecular weight excluding hydrogens is 554 g/mol. The van der Waals surface area contributed by atoms with Crippen LogP contribution in [0.25, 0.3) is 11.1 Å². The SMILES string of the molecule is CNC(=O)c1cc(-c2cccc(CN3O[C@@H](CN)[C@@H]([C@H](C)O)[C@H]3C(=O)N[C@H]3C[C@H]4C[C@@H]([C@@H]3C)C4(C)C)c2C)cc(N(C)C)c1.